The fourth-order valence-corrected chi connectivity index (χ4v) is 1.71. The monoisotopic (exact) mass is 314 g/mol. The van der Waals surface area contributed by atoms with Gasteiger partial charge >= 0.3 is 0 Å². The predicted octanol–water partition coefficient (Wildman–Crippen LogP) is 2.21. The standard InChI is InChI=1S/C12H19BrN4O/c1-12(2,3)11-16-8(13)7-10(17-11)15-6-4-5-9(14)18/h7H,4-6H2,1-3H3,(H2,14,18)(H,15,16,17). The van der Waals surface area contributed by atoms with Crippen LogP contribution in [-0.2, 0) is 10.2 Å². The van der Waals surface area contributed by atoms with Crippen molar-refractivity contribution in [2.75, 3.05) is 11.9 Å². The molecule has 0 fully saturated rings. The van der Waals surface area contributed by atoms with Crippen LogP contribution >= 0.6 is 15.9 Å². The lowest BCUT2D eigenvalue weighted by atomic mass is 9.96. The second-order valence-corrected chi connectivity index (χ2v) is 5.96. The molecule has 100 valence electrons. The van der Waals surface area contributed by atoms with Crippen LogP contribution < -0.4 is 11.1 Å². The molecule has 1 rings (SSSR count). The minimum atomic E-state index is -0.281. The van der Waals surface area contributed by atoms with E-state index in [0.29, 0.717) is 19.4 Å². The summed E-state index contributed by atoms with van der Waals surface area (Å²) >= 11 is 3.37. The van der Waals surface area contributed by atoms with Crippen molar-refractivity contribution in [2.45, 2.75) is 39.0 Å². The van der Waals surface area contributed by atoms with Crippen LogP contribution in [0.3, 0.4) is 0 Å². The van der Waals surface area contributed by atoms with Crippen LogP contribution in [0.1, 0.15) is 39.4 Å². The van der Waals surface area contributed by atoms with Crippen LogP contribution in [0.5, 0.6) is 0 Å². The number of halogens is 1. The molecule has 3 N–H and O–H groups in total. The Bertz CT molecular complexity index is 429. The molecule has 0 radical (unpaired) electrons. The first-order valence-electron chi connectivity index (χ1n) is 5.86. The first-order chi connectivity index (χ1) is 8.29. The maximum Gasteiger partial charge on any atom is 0.217 e. The van der Waals surface area contributed by atoms with Gasteiger partial charge in [0.15, 0.2) is 0 Å². The van der Waals surface area contributed by atoms with E-state index in [2.05, 4.69) is 52.0 Å². The highest BCUT2D eigenvalue weighted by Crippen LogP contribution is 2.22. The lowest BCUT2D eigenvalue weighted by Gasteiger charge is -2.17. The van der Waals surface area contributed by atoms with E-state index in [4.69, 9.17) is 5.73 Å². The molecular formula is C12H19BrN4O. The summed E-state index contributed by atoms with van der Waals surface area (Å²) in [6.07, 6.45) is 1.08. The molecule has 5 nitrogen and oxygen atoms in total. The van der Waals surface area contributed by atoms with E-state index >= 15 is 0 Å². The molecule has 18 heavy (non-hydrogen) atoms. The van der Waals surface area contributed by atoms with Gasteiger partial charge in [0, 0.05) is 24.4 Å². The largest absolute Gasteiger partial charge is 0.370 e. The Morgan fingerprint density at radius 2 is 2.11 bits per heavy atom. The maximum atomic E-state index is 10.6. The Kier molecular flexibility index (Phi) is 5.07. The number of primary amides is 1. The van der Waals surface area contributed by atoms with Gasteiger partial charge in [-0.25, -0.2) is 9.97 Å². The number of anilines is 1. The number of amides is 1. The van der Waals surface area contributed by atoms with Gasteiger partial charge in [-0.15, -0.1) is 0 Å². The summed E-state index contributed by atoms with van der Waals surface area (Å²) in [5.74, 6) is 1.25. The molecule has 0 unspecified atom stereocenters. The molecule has 6 heteroatoms. The third kappa shape index (κ3) is 5.00. The summed E-state index contributed by atoms with van der Waals surface area (Å²) in [6.45, 7) is 6.85. The summed E-state index contributed by atoms with van der Waals surface area (Å²) in [6, 6.07) is 1.82. The average Bonchev–Trinajstić information content (AvgIpc) is 2.22. The van der Waals surface area contributed by atoms with Gasteiger partial charge in [0.25, 0.3) is 0 Å². The summed E-state index contributed by atoms with van der Waals surface area (Å²) in [5, 5.41) is 3.16. The topological polar surface area (TPSA) is 80.9 Å². The van der Waals surface area contributed by atoms with Crippen LogP contribution in [-0.4, -0.2) is 22.4 Å². The van der Waals surface area contributed by atoms with Crippen LogP contribution in [0, 0.1) is 0 Å². The zero-order valence-corrected chi connectivity index (χ0v) is 12.5. The van der Waals surface area contributed by atoms with Crippen molar-refractivity contribution in [1.82, 2.24) is 9.97 Å². The van der Waals surface area contributed by atoms with Gasteiger partial charge < -0.3 is 11.1 Å². The number of hydrogen-bond donors (Lipinski definition) is 2. The normalized spacial score (nSPS) is 11.3. The number of nitrogens with one attached hydrogen (secondary N) is 1. The van der Waals surface area contributed by atoms with Crippen molar-refractivity contribution >= 4 is 27.7 Å². The second kappa shape index (κ2) is 6.13. The van der Waals surface area contributed by atoms with E-state index < -0.39 is 0 Å². The zero-order valence-electron chi connectivity index (χ0n) is 11.0. The smallest absolute Gasteiger partial charge is 0.217 e. The Morgan fingerprint density at radius 3 is 2.67 bits per heavy atom. The number of nitrogens with zero attached hydrogens (tertiary/aromatic N) is 2. The van der Waals surface area contributed by atoms with Crippen molar-refractivity contribution < 1.29 is 4.79 Å². The van der Waals surface area contributed by atoms with Crippen LogP contribution in [0.2, 0.25) is 0 Å². The van der Waals surface area contributed by atoms with E-state index in [1.54, 1.807) is 0 Å². The third-order valence-corrected chi connectivity index (χ3v) is 2.68. The molecule has 0 aliphatic heterocycles. The van der Waals surface area contributed by atoms with E-state index in [0.717, 1.165) is 16.2 Å². The summed E-state index contributed by atoms with van der Waals surface area (Å²) in [7, 11) is 0. The minimum absolute atomic E-state index is 0.104. The van der Waals surface area contributed by atoms with Gasteiger partial charge in [0.1, 0.15) is 16.2 Å². The summed E-state index contributed by atoms with van der Waals surface area (Å²) < 4.78 is 0.750. The lowest BCUT2D eigenvalue weighted by molar-refractivity contribution is -0.118. The first kappa shape index (κ1) is 14.9. The Morgan fingerprint density at radius 1 is 1.44 bits per heavy atom. The molecule has 0 aliphatic carbocycles. The van der Waals surface area contributed by atoms with Crippen molar-refractivity contribution in [3.05, 3.63) is 16.5 Å². The number of carbonyl (C=O) groups excluding carboxylic acids is 1. The molecule has 0 atom stereocenters. The van der Waals surface area contributed by atoms with Crippen molar-refractivity contribution in [1.29, 1.82) is 0 Å². The van der Waals surface area contributed by atoms with Crippen LogP contribution in [0.15, 0.2) is 10.7 Å². The lowest BCUT2D eigenvalue weighted by Crippen LogP contribution is -2.18. The molecule has 0 aliphatic rings. The molecule has 0 bridgehead atoms. The maximum absolute atomic E-state index is 10.6. The van der Waals surface area contributed by atoms with Gasteiger partial charge in [-0.1, -0.05) is 20.8 Å². The first-order valence-corrected chi connectivity index (χ1v) is 6.65. The van der Waals surface area contributed by atoms with E-state index in [9.17, 15) is 4.79 Å². The molecular weight excluding hydrogens is 296 g/mol. The van der Waals surface area contributed by atoms with Crippen LogP contribution in [0.25, 0.3) is 0 Å². The summed E-state index contributed by atoms with van der Waals surface area (Å²) in [4.78, 5) is 19.4. The van der Waals surface area contributed by atoms with Gasteiger partial charge in [0.2, 0.25) is 5.91 Å². The third-order valence-electron chi connectivity index (χ3n) is 2.27. The molecule has 1 heterocycles. The van der Waals surface area contributed by atoms with Crippen LogP contribution in [0.4, 0.5) is 5.82 Å². The SMILES string of the molecule is CC(C)(C)c1nc(Br)cc(NCCCC(N)=O)n1. The zero-order chi connectivity index (χ0) is 13.8. The number of nitrogens with two attached hydrogens (primary N) is 1. The molecule has 1 aromatic heterocycles. The van der Waals surface area contributed by atoms with E-state index in [-0.39, 0.29) is 11.3 Å². The highest BCUT2D eigenvalue weighted by Gasteiger charge is 2.18. The molecule has 0 saturated carbocycles. The second-order valence-electron chi connectivity index (χ2n) is 5.15. The van der Waals surface area contributed by atoms with Crippen molar-refractivity contribution in [3.63, 3.8) is 0 Å². The molecule has 1 aromatic rings. The molecule has 0 saturated heterocycles. The quantitative estimate of drug-likeness (QED) is 0.645. The van der Waals surface area contributed by atoms with Gasteiger partial charge in [-0.2, -0.15) is 0 Å². The van der Waals surface area contributed by atoms with E-state index in [1.165, 1.54) is 0 Å². The highest BCUT2D eigenvalue weighted by molar-refractivity contribution is 9.10. The van der Waals surface area contributed by atoms with Crippen molar-refractivity contribution in [2.24, 2.45) is 5.73 Å². The van der Waals surface area contributed by atoms with E-state index in [1.807, 2.05) is 6.07 Å². The van der Waals surface area contributed by atoms with Gasteiger partial charge in [-0.3, -0.25) is 4.79 Å². The minimum Gasteiger partial charge on any atom is -0.370 e. The van der Waals surface area contributed by atoms with Gasteiger partial charge in [0.05, 0.1) is 0 Å². The number of hydrogen-bond acceptors (Lipinski definition) is 4. The Labute approximate surface area is 116 Å². The molecule has 0 spiro atoms. The number of aromatic nitrogens is 2. The fraction of sp³-hybridized carbons (Fsp3) is 0.583. The Hall–Kier alpha value is -1.17. The predicted molar refractivity (Wildman–Crippen MR) is 75.4 cm³/mol. The Balaban J connectivity index is 2.66. The summed E-state index contributed by atoms with van der Waals surface area (Å²) in [5.41, 5.74) is 4.97. The van der Waals surface area contributed by atoms with Crippen molar-refractivity contribution in [3.8, 4) is 0 Å². The number of rotatable bonds is 5. The molecule has 0 aromatic carbocycles. The fourth-order valence-electron chi connectivity index (χ4n) is 1.32. The highest BCUT2D eigenvalue weighted by atomic mass is 79.9. The van der Waals surface area contributed by atoms with Gasteiger partial charge in [-0.05, 0) is 22.4 Å². The average molecular weight is 315 g/mol. The number of carbonyl (C=O) groups is 1. The molecule has 1 amide bonds.